The van der Waals surface area contributed by atoms with Crippen LogP contribution in [0.3, 0.4) is 0 Å². The molecule has 2 aromatic carbocycles. The lowest BCUT2D eigenvalue weighted by molar-refractivity contribution is -0.136. The summed E-state index contributed by atoms with van der Waals surface area (Å²) in [5.41, 5.74) is 4.46. The van der Waals surface area contributed by atoms with E-state index in [1.807, 2.05) is 48.8 Å². The molecule has 272 valence electrons. The Hall–Kier alpha value is -5.15. The lowest BCUT2D eigenvalue weighted by Crippen LogP contribution is -2.54. The van der Waals surface area contributed by atoms with Gasteiger partial charge in [0, 0.05) is 68.2 Å². The van der Waals surface area contributed by atoms with Crippen molar-refractivity contribution in [1.82, 2.24) is 25.1 Å². The van der Waals surface area contributed by atoms with Gasteiger partial charge in [-0.25, -0.2) is 4.98 Å². The molecule has 4 aromatic rings. The molecule has 3 aliphatic heterocycles. The van der Waals surface area contributed by atoms with Gasteiger partial charge in [-0.3, -0.25) is 34.3 Å². The third kappa shape index (κ3) is 8.15. The highest BCUT2D eigenvalue weighted by Gasteiger charge is 2.44. The highest BCUT2D eigenvalue weighted by Crippen LogP contribution is 2.31. The number of piperidine rings is 1. The number of aromatic nitrogens is 2. The number of hydrogen-bond donors (Lipinski definition) is 2. The van der Waals surface area contributed by atoms with Gasteiger partial charge < -0.3 is 28.8 Å². The number of H-pyrrole nitrogens is 1. The number of fused-ring (bicyclic) bond motifs is 2. The number of pyridine rings is 1. The molecule has 2 fully saturated rings. The molecular weight excluding hydrogens is 668 g/mol. The van der Waals surface area contributed by atoms with Crippen molar-refractivity contribution in [2.75, 3.05) is 83.9 Å². The van der Waals surface area contributed by atoms with Crippen LogP contribution in [0.15, 0.2) is 67.0 Å². The maximum absolute atomic E-state index is 13.2. The van der Waals surface area contributed by atoms with Crippen molar-refractivity contribution in [3.8, 4) is 16.9 Å². The van der Waals surface area contributed by atoms with Crippen LogP contribution in [0.1, 0.15) is 33.6 Å². The minimum atomic E-state index is -0.969. The van der Waals surface area contributed by atoms with Crippen LogP contribution in [-0.4, -0.2) is 128 Å². The highest BCUT2D eigenvalue weighted by atomic mass is 16.6. The Morgan fingerprint density at radius 2 is 1.44 bits per heavy atom. The average Bonchev–Trinajstić information content (AvgIpc) is 3.73. The Balaban J connectivity index is 0.716. The third-order valence-corrected chi connectivity index (χ3v) is 9.54. The monoisotopic (exact) mass is 710 g/mol. The summed E-state index contributed by atoms with van der Waals surface area (Å²) in [6.45, 7) is 7.49. The van der Waals surface area contributed by atoms with Gasteiger partial charge in [0.05, 0.1) is 50.8 Å². The van der Waals surface area contributed by atoms with Crippen molar-refractivity contribution in [2.24, 2.45) is 0 Å². The molecule has 1 atom stereocenters. The molecule has 0 saturated carbocycles. The highest BCUT2D eigenvalue weighted by molar-refractivity contribution is 6.23. The Morgan fingerprint density at radius 1 is 0.731 bits per heavy atom. The van der Waals surface area contributed by atoms with E-state index in [2.05, 4.69) is 31.2 Å². The van der Waals surface area contributed by atoms with E-state index >= 15 is 0 Å². The zero-order chi connectivity index (χ0) is 35.9. The molecule has 5 heterocycles. The molecule has 4 amide bonds. The normalized spacial score (nSPS) is 18.0. The van der Waals surface area contributed by atoms with E-state index in [4.69, 9.17) is 18.9 Å². The van der Waals surface area contributed by atoms with Crippen LogP contribution >= 0.6 is 0 Å². The first-order valence-electron chi connectivity index (χ1n) is 17.7. The molecule has 0 aliphatic carbocycles. The van der Waals surface area contributed by atoms with E-state index < -0.39 is 29.7 Å². The van der Waals surface area contributed by atoms with Crippen molar-refractivity contribution in [2.45, 2.75) is 18.9 Å². The van der Waals surface area contributed by atoms with Gasteiger partial charge >= 0.3 is 0 Å². The number of anilines is 1. The summed E-state index contributed by atoms with van der Waals surface area (Å²) in [5, 5.41) is 3.31. The van der Waals surface area contributed by atoms with E-state index in [1.165, 1.54) is 0 Å². The van der Waals surface area contributed by atoms with Crippen molar-refractivity contribution >= 4 is 40.3 Å². The summed E-state index contributed by atoms with van der Waals surface area (Å²) in [6.07, 6.45) is 3.98. The topological polar surface area (TPSA) is 156 Å². The summed E-state index contributed by atoms with van der Waals surface area (Å²) in [4.78, 5) is 63.1. The smallest absolute Gasteiger partial charge is 0.262 e. The zero-order valence-electron chi connectivity index (χ0n) is 28.9. The van der Waals surface area contributed by atoms with Gasteiger partial charge in [-0.2, -0.15) is 0 Å². The number of amides is 4. The summed E-state index contributed by atoms with van der Waals surface area (Å²) >= 11 is 0. The first-order chi connectivity index (χ1) is 25.4. The fourth-order valence-corrected chi connectivity index (χ4v) is 6.68. The van der Waals surface area contributed by atoms with Crippen LogP contribution in [0.25, 0.3) is 22.2 Å². The molecular formula is C38H42N6O8. The van der Waals surface area contributed by atoms with Gasteiger partial charge in [0.15, 0.2) is 0 Å². The summed E-state index contributed by atoms with van der Waals surface area (Å²) in [7, 11) is 0. The molecule has 52 heavy (non-hydrogen) atoms. The maximum atomic E-state index is 13.2. The molecule has 1 unspecified atom stereocenters. The average molecular weight is 711 g/mol. The number of carbonyl (C=O) groups is 4. The van der Waals surface area contributed by atoms with Crippen molar-refractivity contribution in [1.29, 1.82) is 0 Å². The molecule has 14 nitrogen and oxygen atoms in total. The van der Waals surface area contributed by atoms with E-state index in [0.717, 1.165) is 71.2 Å². The number of benzene rings is 2. The standard InChI is InChI=1S/C38H42N6O8/c45-34-8-7-33(36(46)41-34)44-37(47)31-6-3-29(24-32(31)38(44)48)43-13-11-42(12-14-43)15-16-49-17-18-50-19-20-51-21-22-52-30-4-1-26(2-5-30)28-23-27-9-10-39-35(27)40-25-28/h1-6,9-10,23-25,33H,7-8,11-22H2,(H,39,40)(H,41,45,46). The zero-order valence-corrected chi connectivity index (χ0v) is 28.9. The number of carbonyl (C=O) groups excluding carboxylic acids is 4. The van der Waals surface area contributed by atoms with Crippen LogP contribution in [0.4, 0.5) is 5.69 Å². The Bertz CT molecular complexity index is 1900. The van der Waals surface area contributed by atoms with Crippen LogP contribution in [0, 0.1) is 0 Å². The van der Waals surface area contributed by atoms with Gasteiger partial charge in [-0.15, -0.1) is 0 Å². The van der Waals surface area contributed by atoms with E-state index in [-0.39, 0.29) is 18.4 Å². The molecule has 7 rings (SSSR count). The second-order valence-electron chi connectivity index (χ2n) is 12.9. The molecule has 0 radical (unpaired) electrons. The second kappa shape index (κ2) is 16.5. The molecule has 14 heteroatoms. The Labute approximate surface area is 301 Å². The number of nitrogens with one attached hydrogen (secondary N) is 2. The molecule has 2 N–H and O–H groups in total. The lowest BCUT2D eigenvalue weighted by Gasteiger charge is -2.36. The van der Waals surface area contributed by atoms with Gasteiger partial charge in [0.2, 0.25) is 11.8 Å². The molecule has 0 bridgehead atoms. The first kappa shape index (κ1) is 35.3. The molecule has 0 spiro atoms. The summed E-state index contributed by atoms with van der Waals surface area (Å²) < 4.78 is 22.8. The van der Waals surface area contributed by atoms with Gasteiger partial charge in [-0.05, 0) is 54.4 Å². The largest absolute Gasteiger partial charge is 0.491 e. The SMILES string of the molecule is O=C1CCC(N2C(=O)c3ccc(N4CCN(CCOCCOCCOCCOc5ccc(-c6cnc7[nH]ccc7c6)cc5)CC4)cc3C2=O)C(=O)N1. The number of nitrogens with zero attached hydrogens (tertiary/aromatic N) is 4. The summed E-state index contributed by atoms with van der Waals surface area (Å²) in [6, 6.07) is 16.3. The lowest BCUT2D eigenvalue weighted by atomic mass is 10.0. The van der Waals surface area contributed by atoms with E-state index in [9.17, 15) is 19.2 Å². The van der Waals surface area contributed by atoms with Gasteiger partial charge in [0.1, 0.15) is 24.0 Å². The first-order valence-corrected chi connectivity index (χ1v) is 17.7. The fraction of sp³-hybridized carbons (Fsp3) is 0.395. The van der Waals surface area contributed by atoms with Gasteiger partial charge in [-0.1, -0.05) is 12.1 Å². The van der Waals surface area contributed by atoms with Crippen molar-refractivity contribution < 1.29 is 38.1 Å². The van der Waals surface area contributed by atoms with Crippen LogP contribution < -0.4 is 15.0 Å². The molecule has 3 aliphatic rings. The number of ether oxygens (including phenoxy) is 4. The maximum Gasteiger partial charge on any atom is 0.262 e. The van der Waals surface area contributed by atoms with Crippen LogP contribution in [-0.2, 0) is 23.8 Å². The van der Waals surface area contributed by atoms with E-state index in [1.54, 1.807) is 12.1 Å². The van der Waals surface area contributed by atoms with Gasteiger partial charge in [0.25, 0.3) is 11.8 Å². The van der Waals surface area contributed by atoms with Crippen molar-refractivity contribution in [3.63, 3.8) is 0 Å². The van der Waals surface area contributed by atoms with Crippen LogP contribution in [0.5, 0.6) is 5.75 Å². The second-order valence-corrected chi connectivity index (χ2v) is 12.9. The number of piperazine rings is 1. The van der Waals surface area contributed by atoms with Crippen LogP contribution in [0.2, 0.25) is 0 Å². The Morgan fingerprint density at radius 3 is 2.19 bits per heavy atom. The third-order valence-electron chi connectivity index (χ3n) is 9.54. The molecule has 2 saturated heterocycles. The molecule has 2 aromatic heterocycles. The fourth-order valence-electron chi connectivity index (χ4n) is 6.68. The quantitative estimate of drug-likeness (QED) is 0.130. The Kier molecular flexibility index (Phi) is 11.2. The number of rotatable bonds is 16. The van der Waals surface area contributed by atoms with Crippen molar-refractivity contribution in [3.05, 3.63) is 78.1 Å². The minimum absolute atomic E-state index is 0.0929. The predicted molar refractivity (Wildman–Crippen MR) is 191 cm³/mol. The predicted octanol–water partition coefficient (Wildman–Crippen LogP) is 2.88. The number of aromatic amines is 1. The van der Waals surface area contributed by atoms with E-state index in [0.29, 0.717) is 51.8 Å². The number of imide groups is 2. The number of hydrogen-bond acceptors (Lipinski definition) is 11. The minimum Gasteiger partial charge on any atom is -0.491 e. The summed E-state index contributed by atoms with van der Waals surface area (Å²) in [5.74, 6) is -1.20.